The maximum atomic E-state index is 11.4. The van der Waals surface area contributed by atoms with Crippen LogP contribution in [0.15, 0.2) is 45.3 Å². The van der Waals surface area contributed by atoms with Gasteiger partial charge in [0.1, 0.15) is 11.5 Å². The van der Waals surface area contributed by atoms with Crippen molar-refractivity contribution < 1.29 is 19.1 Å². The quantitative estimate of drug-likeness (QED) is 0.363. The van der Waals surface area contributed by atoms with Gasteiger partial charge in [0.2, 0.25) is 0 Å². The third-order valence-corrected chi connectivity index (χ3v) is 4.62. The van der Waals surface area contributed by atoms with Crippen molar-refractivity contribution in [1.82, 2.24) is 0 Å². The highest BCUT2D eigenvalue weighted by Gasteiger charge is 2.10. The number of hydrogen-bond donors (Lipinski definition) is 0. The second-order valence-electron chi connectivity index (χ2n) is 4.80. The van der Waals surface area contributed by atoms with Crippen LogP contribution in [0.4, 0.5) is 0 Å². The second-order valence-corrected chi connectivity index (χ2v) is 7.19. The number of halogens is 3. The minimum atomic E-state index is 0.0133. The van der Waals surface area contributed by atoms with Crippen molar-refractivity contribution in [3.8, 4) is 11.5 Å². The number of carbonyl (C=O) groups is 2. The van der Waals surface area contributed by atoms with E-state index < -0.39 is 0 Å². The smallest absolute Gasteiger partial charge is 0.177 e. The fraction of sp³-hybridized carbons (Fsp3) is 0.222. The SMILES string of the molecule is COc1cc(Br)ccc1C(=O)CBr.COc1cc(Br)ccc1C(C)=O. The van der Waals surface area contributed by atoms with Crippen LogP contribution in [-0.2, 0) is 0 Å². The van der Waals surface area contributed by atoms with Crippen LogP contribution in [0.3, 0.4) is 0 Å². The van der Waals surface area contributed by atoms with Crippen LogP contribution in [0.25, 0.3) is 0 Å². The molecular formula is C18H17Br3O4. The summed E-state index contributed by atoms with van der Waals surface area (Å²) in [5.74, 6) is 1.24. The van der Waals surface area contributed by atoms with Gasteiger partial charge in [-0.3, -0.25) is 9.59 Å². The zero-order chi connectivity index (χ0) is 19.0. The Labute approximate surface area is 172 Å². The molecule has 0 saturated carbocycles. The molecule has 0 aliphatic heterocycles. The summed E-state index contributed by atoms with van der Waals surface area (Å²) in [4.78, 5) is 22.4. The molecule has 0 saturated heterocycles. The van der Waals surface area contributed by atoms with Gasteiger partial charge in [0.15, 0.2) is 11.6 Å². The van der Waals surface area contributed by atoms with Crippen LogP contribution in [0.1, 0.15) is 27.6 Å². The van der Waals surface area contributed by atoms with Crippen molar-refractivity contribution in [3.63, 3.8) is 0 Å². The Morgan fingerprint density at radius 3 is 1.72 bits per heavy atom. The average molecular weight is 537 g/mol. The lowest BCUT2D eigenvalue weighted by Gasteiger charge is -2.05. The number of methoxy groups -OCH3 is 2. The summed E-state index contributed by atoms with van der Waals surface area (Å²) in [6.45, 7) is 1.52. The van der Waals surface area contributed by atoms with E-state index in [1.165, 1.54) is 6.92 Å². The summed E-state index contributed by atoms with van der Waals surface area (Å²) in [6, 6.07) is 10.7. The maximum absolute atomic E-state index is 11.4. The fourth-order valence-electron chi connectivity index (χ4n) is 1.92. The third-order valence-electron chi connectivity index (χ3n) is 3.13. The van der Waals surface area contributed by atoms with Gasteiger partial charge in [0, 0.05) is 8.95 Å². The highest BCUT2D eigenvalue weighted by molar-refractivity contribution is 9.10. The minimum absolute atomic E-state index is 0.0133. The maximum Gasteiger partial charge on any atom is 0.177 e. The molecule has 0 unspecified atom stereocenters. The Kier molecular flexibility index (Phi) is 9.38. The summed E-state index contributed by atoms with van der Waals surface area (Å²) >= 11 is 9.72. The Bertz CT molecular complexity index is 760. The van der Waals surface area contributed by atoms with E-state index in [9.17, 15) is 9.59 Å². The molecular weight excluding hydrogens is 520 g/mol. The lowest BCUT2D eigenvalue weighted by atomic mass is 10.1. The largest absolute Gasteiger partial charge is 0.496 e. The molecule has 0 aliphatic carbocycles. The van der Waals surface area contributed by atoms with Gasteiger partial charge in [-0.05, 0) is 43.3 Å². The van der Waals surface area contributed by atoms with E-state index in [1.54, 1.807) is 38.5 Å². The molecule has 2 aromatic rings. The van der Waals surface area contributed by atoms with Crippen molar-refractivity contribution in [2.75, 3.05) is 19.5 Å². The number of alkyl halides is 1. The molecule has 2 rings (SSSR count). The number of ether oxygens (including phenoxy) is 2. The summed E-state index contributed by atoms with van der Waals surface area (Å²) in [5, 5.41) is 0.311. The van der Waals surface area contributed by atoms with Crippen molar-refractivity contribution in [3.05, 3.63) is 56.5 Å². The summed E-state index contributed by atoms with van der Waals surface area (Å²) in [5.41, 5.74) is 1.21. The molecule has 25 heavy (non-hydrogen) atoms. The van der Waals surface area contributed by atoms with Crippen LogP contribution in [0.5, 0.6) is 11.5 Å². The molecule has 0 radical (unpaired) electrons. The molecule has 0 spiro atoms. The highest BCUT2D eigenvalue weighted by Crippen LogP contribution is 2.24. The molecule has 4 nitrogen and oxygen atoms in total. The zero-order valence-electron chi connectivity index (χ0n) is 13.9. The number of ketones is 2. The lowest BCUT2D eigenvalue weighted by Crippen LogP contribution is -2.02. The van der Waals surface area contributed by atoms with Gasteiger partial charge in [0.05, 0.1) is 30.7 Å². The minimum Gasteiger partial charge on any atom is -0.496 e. The van der Waals surface area contributed by atoms with E-state index in [4.69, 9.17) is 9.47 Å². The normalized spacial score (nSPS) is 9.68. The second kappa shape index (κ2) is 10.7. The molecule has 0 aliphatic rings. The molecule has 7 heteroatoms. The first-order valence-corrected chi connectivity index (χ1v) is 9.82. The fourth-order valence-corrected chi connectivity index (χ4v) is 2.91. The van der Waals surface area contributed by atoms with Crippen LogP contribution in [0.2, 0.25) is 0 Å². The van der Waals surface area contributed by atoms with Crippen LogP contribution >= 0.6 is 47.8 Å². The van der Waals surface area contributed by atoms with Gasteiger partial charge in [0.25, 0.3) is 0 Å². The Hall–Kier alpha value is -1.18. The molecule has 2 aromatic carbocycles. The van der Waals surface area contributed by atoms with E-state index in [1.807, 2.05) is 12.1 Å². The molecule has 0 bridgehead atoms. The number of benzene rings is 2. The van der Waals surface area contributed by atoms with Gasteiger partial charge in [-0.2, -0.15) is 0 Å². The number of carbonyl (C=O) groups excluding carboxylic acids is 2. The molecule has 0 heterocycles. The van der Waals surface area contributed by atoms with Gasteiger partial charge >= 0.3 is 0 Å². The van der Waals surface area contributed by atoms with Crippen LogP contribution in [-0.4, -0.2) is 31.1 Å². The molecule has 0 N–H and O–H groups in total. The van der Waals surface area contributed by atoms with E-state index >= 15 is 0 Å². The Morgan fingerprint density at radius 1 is 0.880 bits per heavy atom. The van der Waals surface area contributed by atoms with E-state index in [0.29, 0.717) is 28.0 Å². The predicted octanol–water partition coefficient (Wildman–Crippen LogP) is 5.70. The molecule has 0 amide bonds. The standard InChI is InChI=1S/C9H8Br2O2.C9H9BrO2/c1-13-9-4-6(11)2-3-7(9)8(12)5-10;1-6(11)8-4-3-7(10)5-9(8)12-2/h2-4H,5H2,1H3;3-5H,1-2H3. The Balaban J connectivity index is 0.000000251. The van der Waals surface area contributed by atoms with Crippen molar-refractivity contribution in [2.45, 2.75) is 6.92 Å². The van der Waals surface area contributed by atoms with Gasteiger partial charge in [-0.25, -0.2) is 0 Å². The first-order chi connectivity index (χ1) is 11.8. The van der Waals surface area contributed by atoms with Crippen LogP contribution in [0, 0.1) is 0 Å². The van der Waals surface area contributed by atoms with E-state index in [0.717, 1.165) is 8.95 Å². The van der Waals surface area contributed by atoms with Gasteiger partial charge in [-0.15, -0.1) is 0 Å². The summed E-state index contributed by atoms with van der Waals surface area (Å²) in [6.07, 6.45) is 0. The molecule has 0 aromatic heterocycles. The number of hydrogen-bond acceptors (Lipinski definition) is 4. The average Bonchev–Trinajstić information content (AvgIpc) is 2.60. The first-order valence-electron chi connectivity index (χ1n) is 7.11. The monoisotopic (exact) mass is 534 g/mol. The number of rotatable bonds is 5. The number of Topliss-reactive ketones (excluding diaryl/α,β-unsaturated/α-hetero) is 2. The van der Waals surface area contributed by atoms with Gasteiger partial charge in [-0.1, -0.05) is 47.8 Å². The zero-order valence-corrected chi connectivity index (χ0v) is 18.7. The summed E-state index contributed by atoms with van der Waals surface area (Å²) < 4.78 is 11.9. The first kappa shape index (κ1) is 21.9. The summed E-state index contributed by atoms with van der Waals surface area (Å²) in [7, 11) is 3.10. The van der Waals surface area contributed by atoms with E-state index in [-0.39, 0.29) is 11.6 Å². The topological polar surface area (TPSA) is 52.6 Å². The molecule has 0 atom stereocenters. The highest BCUT2D eigenvalue weighted by atomic mass is 79.9. The van der Waals surface area contributed by atoms with Crippen molar-refractivity contribution in [1.29, 1.82) is 0 Å². The van der Waals surface area contributed by atoms with Crippen molar-refractivity contribution >= 4 is 59.4 Å². The lowest BCUT2D eigenvalue weighted by molar-refractivity contribution is 0.100. The van der Waals surface area contributed by atoms with Crippen LogP contribution < -0.4 is 9.47 Å². The van der Waals surface area contributed by atoms with Gasteiger partial charge < -0.3 is 9.47 Å². The molecule has 0 fully saturated rings. The third kappa shape index (κ3) is 6.56. The predicted molar refractivity (Wildman–Crippen MR) is 110 cm³/mol. The molecule has 134 valence electrons. The van der Waals surface area contributed by atoms with Crippen molar-refractivity contribution in [2.24, 2.45) is 0 Å². The Morgan fingerprint density at radius 2 is 1.32 bits per heavy atom. The van der Waals surface area contributed by atoms with E-state index in [2.05, 4.69) is 47.8 Å².